The molecule has 0 atom stereocenters. The fraction of sp³-hybridized carbons (Fsp3) is 0.286. The van der Waals surface area contributed by atoms with Crippen LogP contribution in [0.3, 0.4) is 0 Å². The van der Waals surface area contributed by atoms with Crippen LogP contribution in [-0.4, -0.2) is 66.0 Å². The van der Waals surface area contributed by atoms with Crippen LogP contribution in [-0.2, 0) is 16.6 Å². The van der Waals surface area contributed by atoms with Crippen molar-refractivity contribution >= 4 is 33.4 Å². The maximum atomic E-state index is 13.4. The van der Waals surface area contributed by atoms with Crippen molar-refractivity contribution in [3.8, 4) is 0 Å². The number of sulfonamides is 1. The first kappa shape index (κ1) is 21.0. The normalized spacial score (nSPS) is 16.8. The quantitative estimate of drug-likeness (QED) is 0.588. The first-order chi connectivity index (χ1) is 14.5. The molecule has 0 spiro atoms. The Morgan fingerprint density at radius 3 is 2.63 bits per heavy atom. The highest BCUT2D eigenvalue weighted by molar-refractivity contribution is 7.89. The monoisotopic (exact) mass is 425 g/mol. The number of fused-ring (bicyclic) bond motifs is 1. The molecular formula is C21H24BN3O4S-. The van der Waals surface area contributed by atoms with E-state index >= 15 is 0 Å². The van der Waals surface area contributed by atoms with Gasteiger partial charge in [-0.1, -0.05) is 42.0 Å². The van der Waals surface area contributed by atoms with Crippen molar-refractivity contribution in [2.45, 2.75) is 17.9 Å². The average molecular weight is 425 g/mol. The molecule has 3 aromatic rings. The van der Waals surface area contributed by atoms with Gasteiger partial charge in [-0.2, -0.15) is 9.77 Å². The molecule has 157 valence electrons. The first-order valence-electron chi connectivity index (χ1n) is 9.96. The third-order valence-corrected chi connectivity index (χ3v) is 7.49. The number of aromatic nitrogens is 1. The molecule has 2 heterocycles. The van der Waals surface area contributed by atoms with E-state index in [1.54, 1.807) is 47.0 Å². The van der Waals surface area contributed by atoms with E-state index in [0.717, 1.165) is 17.5 Å². The van der Waals surface area contributed by atoms with Gasteiger partial charge in [-0.25, -0.2) is 8.42 Å². The van der Waals surface area contributed by atoms with Gasteiger partial charge >= 0.3 is 0 Å². The van der Waals surface area contributed by atoms with Gasteiger partial charge in [0.1, 0.15) is 0 Å². The molecule has 1 saturated heterocycles. The minimum absolute atomic E-state index is 0.310. The topological polar surface area (TPSA) is 94.0 Å². The summed E-state index contributed by atoms with van der Waals surface area (Å²) in [6, 6.07) is 14.2. The maximum absolute atomic E-state index is 13.4. The lowest BCUT2D eigenvalue weighted by Crippen LogP contribution is -2.37. The lowest BCUT2D eigenvalue weighted by Gasteiger charge is -2.25. The summed E-state index contributed by atoms with van der Waals surface area (Å²) in [7, 11) is -5.15. The Labute approximate surface area is 176 Å². The predicted octanol–water partition coefficient (Wildman–Crippen LogP) is 0.811. The molecule has 1 aromatic heterocycles. The van der Waals surface area contributed by atoms with Crippen molar-refractivity contribution in [3.05, 3.63) is 66.5 Å². The van der Waals surface area contributed by atoms with E-state index in [4.69, 9.17) is 0 Å². The highest BCUT2D eigenvalue weighted by atomic mass is 32.2. The van der Waals surface area contributed by atoms with E-state index in [2.05, 4.69) is 9.88 Å². The standard InChI is InChI=1S/C21H24BN3O4S/c26-22(27)20-7-2-1-5-18(20)16-24-11-4-12-25(14-13-24)30(28,29)21-8-3-6-17-15-23-10-9-19(17)21/h1-3,5-10,15,26-27H,4,11-14,16H2/q-1. The zero-order valence-electron chi connectivity index (χ0n) is 16.6. The van der Waals surface area contributed by atoms with Gasteiger partial charge in [-0.05, 0) is 25.1 Å². The van der Waals surface area contributed by atoms with Crippen molar-refractivity contribution in [1.82, 2.24) is 14.2 Å². The van der Waals surface area contributed by atoms with Gasteiger partial charge in [0.25, 0.3) is 0 Å². The average Bonchev–Trinajstić information content (AvgIpc) is 2.99. The summed E-state index contributed by atoms with van der Waals surface area (Å²) in [5, 5.41) is 20.7. The summed E-state index contributed by atoms with van der Waals surface area (Å²) in [6.45, 7) is 2.68. The van der Waals surface area contributed by atoms with Crippen molar-refractivity contribution < 1.29 is 18.5 Å². The van der Waals surface area contributed by atoms with Crippen LogP contribution >= 0.6 is 0 Å². The van der Waals surface area contributed by atoms with E-state index in [1.807, 2.05) is 18.2 Å². The molecular weight excluding hydrogens is 401 g/mol. The molecule has 7 nitrogen and oxygen atoms in total. The minimum atomic E-state index is -3.63. The predicted molar refractivity (Wildman–Crippen MR) is 117 cm³/mol. The molecule has 0 unspecified atom stereocenters. The molecule has 1 radical (unpaired) electrons. The highest BCUT2D eigenvalue weighted by Gasteiger charge is 2.28. The second-order valence-corrected chi connectivity index (χ2v) is 9.37. The summed E-state index contributed by atoms with van der Waals surface area (Å²) in [4.78, 5) is 6.55. The molecule has 0 amide bonds. The van der Waals surface area contributed by atoms with Gasteiger partial charge in [0.15, 0.2) is 7.12 Å². The van der Waals surface area contributed by atoms with Crippen molar-refractivity contribution in [3.63, 3.8) is 0 Å². The van der Waals surface area contributed by atoms with E-state index in [1.165, 1.54) is 0 Å². The highest BCUT2D eigenvalue weighted by Crippen LogP contribution is 2.26. The van der Waals surface area contributed by atoms with Crippen LogP contribution in [0.4, 0.5) is 0 Å². The summed E-state index contributed by atoms with van der Waals surface area (Å²) in [5.74, 6) is 0. The van der Waals surface area contributed by atoms with Crippen LogP contribution in [0.15, 0.2) is 65.8 Å². The molecule has 2 N–H and O–H groups in total. The number of benzene rings is 2. The first-order valence-corrected chi connectivity index (χ1v) is 11.4. The van der Waals surface area contributed by atoms with E-state index in [-0.39, 0.29) is 0 Å². The van der Waals surface area contributed by atoms with Crippen LogP contribution in [0.5, 0.6) is 0 Å². The molecule has 0 saturated carbocycles. The Kier molecular flexibility index (Phi) is 6.17. The number of pyridine rings is 1. The van der Waals surface area contributed by atoms with Crippen LogP contribution in [0.2, 0.25) is 0 Å². The molecule has 9 heteroatoms. The van der Waals surface area contributed by atoms with Crippen LogP contribution in [0.1, 0.15) is 12.0 Å². The van der Waals surface area contributed by atoms with Crippen molar-refractivity contribution in [2.24, 2.45) is 0 Å². The van der Waals surface area contributed by atoms with E-state index < -0.39 is 17.1 Å². The van der Waals surface area contributed by atoms with Crippen LogP contribution < -0.4 is 5.46 Å². The van der Waals surface area contributed by atoms with Crippen molar-refractivity contribution in [1.29, 1.82) is 0 Å². The minimum Gasteiger partial charge on any atom is -0.601 e. The Morgan fingerprint density at radius 2 is 1.80 bits per heavy atom. The lowest BCUT2D eigenvalue weighted by molar-refractivity contribution is 0.279. The number of hydrogen-bond acceptors (Lipinski definition) is 6. The largest absolute Gasteiger partial charge is 0.601 e. The molecule has 1 aliphatic heterocycles. The molecule has 30 heavy (non-hydrogen) atoms. The third kappa shape index (κ3) is 4.26. The Morgan fingerprint density at radius 1 is 0.967 bits per heavy atom. The fourth-order valence-electron chi connectivity index (χ4n) is 3.97. The fourth-order valence-corrected chi connectivity index (χ4v) is 5.66. The van der Waals surface area contributed by atoms with Gasteiger partial charge in [0.2, 0.25) is 10.0 Å². The van der Waals surface area contributed by atoms with Gasteiger partial charge < -0.3 is 10.0 Å². The van der Waals surface area contributed by atoms with Gasteiger partial charge in [0, 0.05) is 49.3 Å². The van der Waals surface area contributed by atoms with E-state index in [9.17, 15) is 18.5 Å². The smallest absolute Gasteiger partial charge is 0.243 e. The summed E-state index contributed by atoms with van der Waals surface area (Å²) < 4.78 is 28.3. The van der Waals surface area contributed by atoms with E-state index in [0.29, 0.717) is 48.3 Å². The van der Waals surface area contributed by atoms with Crippen LogP contribution in [0, 0.1) is 0 Å². The van der Waals surface area contributed by atoms with Crippen LogP contribution in [0.25, 0.3) is 10.8 Å². The van der Waals surface area contributed by atoms with Gasteiger partial charge in [-0.15, -0.1) is 0 Å². The summed E-state index contributed by atoms with van der Waals surface area (Å²) in [6.07, 6.45) is 3.99. The number of rotatable bonds is 5. The lowest BCUT2D eigenvalue weighted by atomic mass is 9.77. The van der Waals surface area contributed by atoms with Gasteiger partial charge in [-0.3, -0.25) is 9.88 Å². The zero-order chi connectivity index (χ0) is 21.1. The molecule has 0 aliphatic carbocycles. The second-order valence-electron chi connectivity index (χ2n) is 7.46. The third-order valence-electron chi connectivity index (χ3n) is 5.53. The molecule has 1 fully saturated rings. The second kappa shape index (κ2) is 8.83. The SMILES string of the molecule is O=S(=O)(c1cccc2cnccc12)N1CCCN(Cc2ccccc2[B-](O)O)CC1. The Hall–Kier alpha value is -2.30. The number of nitrogens with zero attached hydrogens (tertiary/aromatic N) is 3. The van der Waals surface area contributed by atoms with Crippen molar-refractivity contribution in [2.75, 3.05) is 26.2 Å². The zero-order valence-corrected chi connectivity index (χ0v) is 17.4. The Balaban J connectivity index is 1.53. The molecule has 4 rings (SSSR count). The molecule has 2 aromatic carbocycles. The summed E-state index contributed by atoms with van der Waals surface area (Å²) in [5.41, 5.74) is 1.32. The maximum Gasteiger partial charge on any atom is 0.243 e. The molecule has 1 aliphatic rings. The molecule has 0 bridgehead atoms. The number of hydrogen-bond donors (Lipinski definition) is 2. The summed E-state index contributed by atoms with van der Waals surface area (Å²) >= 11 is 0. The van der Waals surface area contributed by atoms with Gasteiger partial charge in [0.05, 0.1) is 4.90 Å². The Bertz CT molecular complexity index is 1130.